The van der Waals surface area contributed by atoms with Crippen molar-refractivity contribution in [3.63, 3.8) is 0 Å². The number of rotatable bonds is 3. The first-order valence-electron chi connectivity index (χ1n) is 5.57. The highest BCUT2D eigenvalue weighted by Crippen LogP contribution is 2.24. The highest BCUT2D eigenvalue weighted by molar-refractivity contribution is 5.95. The number of halogens is 2. The monoisotopic (exact) mass is 279 g/mol. The molecule has 0 amide bonds. The Labute approximate surface area is 113 Å². The van der Waals surface area contributed by atoms with Gasteiger partial charge in [0.15, 0.2) is 0 Å². The van der Waals surface area contributed by atoms with Crippen molar-refractivity contribution in [2.45, 2.75) is 0 Å². The first kappa shape index (κ1) is 13.7. The number of carbonyl (C=O) groups is 1. The number of nitrogens with one attached hydrogen (secondary N) is 1. The summed E-state index contributed by atoms with van der Waals surface area (Å²) in [5, 5.41) is 2.46. The molecule has 2 rings (SSSR count). The topological polar surface area (TPSA) is 77.2 Å². The van der Waals surface area contributed by atoms with Crippen molar-refractivity contribution in [2.24, 2.45) is 0 Å². The van der Waals surface area contributed by atoms with Crippen LogP contribution >= 0.6 is 0 Å². The summed E-state index contributed by atoms with van der Waals surface area (Å²) in [4.78, 5) is 15.3. The number of nitrogen functional groups attached to an aromatic ring is 1. The van der Waals surface area contributed by atoms with E-state index in [1.165, 1.54) is 25.4 Å². The van der Waals surface area contributed by atoms with E-state index in [2.05, 4.69) is 15.0 Å². The third kappa shape index (κ3) is 2.66. The summed E-state index contributed by atoms with van der Waals surface area (Å²) in [5.74, 6) is -2.14. The normalized spacial score (nSPS) is 10.2. The number of carbonyl (C=O) groups excluding carboxylic acids is 1. The predicted octanol–water partition coefficient (Wildman–Crippen LogP) is 2.47. The van der Waals surface area contributed by atoms with Gasteiger partial charge in [-0.2, -0.15) is 0 Å². The minimum absolute atomic E-state index is 0.0572. The Morgan fingerprint density at radius 2 is 2.00 bits per heavy atom. The Bertz CT molecular complexity index is 642. The van der Waals surface area contributed by atoms with E-state index in [1.807, 2.05) is 0 Å². The van der Waals surface area contributed by atoms with Crippen LogP contribution in [0.2, 0.25) is 0 Å². The first-order chi connectivity index (χ1) is 9.52. The van der Waals surface area contributed by atoms with Crippen LogP contribution in [0.15, 0.2) is 30.5 Å². The van der Waals surface area contributed by atoms with Crippen LogP contribution in [0.5, 0.6) is 0 Å². The summed E-state index contributed by atoms with van der Waals surface area (Å²) in [6.07, 6.45) is 1.20. The number of methoxy groups -OCH3 is 1. The number of pyridine rings is 1. The summed E-state index contributed by atoms with van der Waals surface area (Å²) in [7, 11) is 1.20. The molecule has 0 saturated carbocycles. The maximum atomic E-state index is 13.5. The van der Waals surface area contributed by atoms with E-state index in [0.29, 0.717) is 0 Å². The highest BCUT2D eigenvalue weighted by Gasteiger charge is 2.14. The smallest absolute Gasteiger partial charge is 0.340 e. The van der Waals surface area contributed by atoms with E-state index in [9.17, 15) is 13.6 Å². The summed E-state index contributed by atoms with van der Waals surface area (Å²) < 4.78 is 31.5. The number of nitrogens with two attached hydrogens (primary N) is 1. The fourth-order valence-corrected chi connectivity index (χ4v) is 1.57. The van der Waals surface area contributed by atoms with Crippen molar-refractivity contribution < 1.29 is 18.3 Å². The van der Waals surface area contributed by atoms with Gasteiger partial charge in [-0.05, 0) is 18.2 Å². The second kappa shape index (κ2) is 5.52. The SMILES string of the molecule is COC(=O)c1cc(Nc2c(F)cccc2F)ncc1N. The summed E-state index contributed by atoms with van der Waals surface area (Å²) >= 11 is 0. The largest absolute Gasteiger partial charge is 0.465 e. The van der Waals surface area contributed by atoms with Crippen molar-refractivity contribution in [1.82, 2.24) is 4.98 Å². The van der Waals surface area contributed by atoms with Gasteiger partial charge in [0.1, 0.15) is 23.1 Å². The lowest BCUT2D eigenvalue weighted by Crippen LogP contribution is -2.08. The lowest BCUT2D eigenvalue weighted by atomic mass is 10.2. The fraction of sp³-hybridized carbons (Fsp3) is 0.0769. The standard InChI is InChI=1S/C13H11F2N3O2/c1-20-13(19)7-5-11(17-6-10(7)16)18-12-8(14)3-2-4-9(12)15/h2-6H,16H2,1H3,(H,17,18). The number of aromatic nitrogens is 1. The molecule has 0 unspecified atom stereocenters. The average Bonchev–Trinajstić information content (AvgIpc) is 2.44. The molecule has 0 radical (unpaired) electrons. The lowest BCUT2D eigenvalue weighted by molar-refractivity contribution is 0.0602. The zero-order valence-corrected chi connectivity index (χ0v) is 10.5. The molecule has 0 fully saturated rings. The molecule has 0 aliphatic carbocycles. The van der Waals surface area contributed by atoms with Crippen LogP contribution in [0.25, 0.3) is 0 Å². The second-order valence-electron chi connectivity index (χ2n) is 3.87. The van der Waals surface area contributed by atoms with Gasteiger partial charge in [-0.15, -0.1) is 0 Å². The summed E-state index contributed by atoms with van der Waals surface area (Å²) in [5.41, 5.74) is 5.38. The van der Waals surface area contributed by atoms with Crippen LogP contribution in [0, 0.1) is 11.6 Å². The van der Waals surface area contributed by atoms with Gasteiger partial charge in [0.25, 0.3) is 0 Å². The Morgan fingerprint density at radius 1 is 1.35 bits per heavy atom. The molecule has 2 aromatic rings. The van der Waals surface area contributed by atoms with Crippen molar-refractivity contribution in [3.8, 4) is 0 Å². The van der Waals surface area contributed by atoms with E-state index in [0.717, 1.165) is 12.1 Å². The molecular weight excluding hydrogens is 268 g/mol. The molecule has 0 aliphatic rings. The van der Waals surface area contributed by atoms with Crippen LogP contribution in [0.4, 0.5) is 26.0 Å². The summed E-state index contributed by atoms with van der Waals surface area (Å²) in [6, 6.07) is 4.70. The van der Waals surface area contributed by atoms with E-state index < -0.39 is 17.6 Å². The third-order valence-electron chi connectivity index (χ3n) is 2.56. The number of anilines is 3. The van der Waals surface area contributed by atoms with Crippen molar-refractivity contribution in [3.05, 3.63) is 47.7 Å². The fourth-order valence-electron chi connectivity index (χ4n) is 1.57. The molecule has 104 valence electrons. The van der Waals surface area contributed by atoms with Crippen molar-refractivity contribution in [1.29, 1.82) is 0 Å². The third-order valence-corrected chi connectivity index (χ3v) is 2.56. The van der Waals surface area contributed by atoms with E-state index in [1.54, 1.807) is 0 Å². The number of nitrogens with zero attached hydrogens (tertiary/aromatic N) is 1. The number of hydrogen-bond acceptors (Lipinski definition) is 5. The van der Waals surface area contributed by atoms with E-state index >= 15 is 0 Å². The minimum atomic E-state index is -0.775. The minimum Gasteiger partial charge on any atom is -0.465 e. The second-order valence-corrected chi connectivity index (χ2v) is 3.87. The maximum Gasteiger partial charge on any atom is 0.340 e. The van der Waals surface area contributed by atoms with E-state index in [4.69, 9.17) is 5.73 Å². The van der Waals surface area contributed by atoms with Gasteiger partial charge in [-0.3, -0.25) is 0 Å². The number of benzene rings is 1. The Morgan fingerprint density at radius 3 is 2.60 bits per heavy atom. The Hall–Kier alpha value is -2.70. The molecule has 20 heavy (non-hydrogen) atoms. The zero-order chi connectivity index (χ0) is 14.7. The first-order valence-corrected chi connectivity index (χ1v) is 5.57. The quantitative estimate of drug-likeness (QED) is 0.844. The molecule has 0 bridgehead atoms. The van der Waals surface area contributed by atoms with Crippen molar-refractivity contribution >= 4 is 23.2 Å². The van der Waals surface area contributed by atoms with Crippen LogP contribution in [-0.2, 0) is 4.74 Å². The van der Waals surface area contributed by atoms with Gasteiger partial charge in [0.2, 0.25) is 0 Å². The molecule has 0 atom stereocenters. The van der Waals surface area contributed by atoms with Gasteiger partial charge in [-0.1, -0.05) is 6.07 Å². The van der Waals surface area contributed by atoms with Crippen LogP contribution < -0.4 is 11.1 Å². The number of hydrogen-bond donors (Lipinski definition) is 2. The van der Waals surface area contributed by atoms with Crippen LogP contribution in [0.1, 0.15) is 10.4 Å². The number of para-hydroxylation sites is 1. The van der Waals surface area contributed by atoms with Gasteiger partial charge in [-0.25, -0.2) is 18.6 Å². The number of ether oxygens (including phenoxy) is 1. The Balaban J connectivity index is 2.37. The Kier molecular flexibility index (Phi) is 3.79. The number of esters is 1. The average molecular weight is 279 g/mol. The van der Waals surface area contributed by atoms with Gasteiger partial charge in [0.05, 0.1) is 24.6 Å². The lowest BCUT2D eigenvalue weighted by Gasteiger charge is -2.10. The maximum absolute atomic E-state index is 13.5. The molecule has 7 heteroatoms. The molecule has 3 N–H and O–H groups in total. The molecule has 0 saturated heterocycles. The van der Waals surface area contributed by atoms with E-state index in [-0.39, 0.29) is 22.8 Å². The molecule has 1 aromatic heterocycles. The van der Waals surface area contributed by atoms with Crippen molar-refractivity contribution in [2.75, 3.05) is 18.2 Å². The molecule has 5 nitrogen and oxygen atoms in total. The molecule has 0 spiro atoms. The summed E-state index contributed by atoms with van der Waals surface area (Å²) in [6.45, 7) is 0. The molecule has 0 aliphatic heterocycles. The van der Waals surface area contributed by atoms with Crippen LogP contribution in [-0.4, -0.2) is 18.1 Å². The predicted molar refractivity (Wildman–Crippen MR) is 69.6 cm³/mol. The highest BCUT2D eigenvalue weighted by atomic mass is 19.1. The van der Waals surface area contributed by atoms with Gasteiger partial charge in [0, 0.05) is 0 Å². The molecular formula is C13H11F2N3O2. The zero-order valence-electron chi connectivity index (χ0n) is 10.5. The molecule has 1 aromatic carbocycles. The van der Waals surface area contributed by atoms with Gasteiger partial charge >= 0.3 is 5.97 Å². The van der Waals surface area contributed by atoms with Gasteiger partial charge < -0.3 is 15.8 Å². The van der Waals surface area contributed by atoms with Crippen LogP contribution in [0.3, 0.4) is 0 Å². The molecule has 1 heterocycles.